The monoisotopic (exact) mass is 494 g/mol. The van der Waals surface area contributed by atoms with Crippen molar-refractivity contribution >= 4 is 40.3 Å². The first-order chi connectivity index (χ1) is 17.0. The second-order valence-corrected chi connectivity index (χ2v) is 9.07. The van der Waals surface area contributed by atoms with Crippen molar-refractivity contribution in [3.8, 4) is 0 Å². The third-order valence-electron chi connectivity index (χ3n) is 6.88. The number of amides is 2. The van der Waals surface area contributed by atoms with Crippen molar-refractivity contribution in [1.29, 1.82) is 0 Å². The Hall–Kier alpha value is -3.36. The molecule has 0 unspecified atom stereocenters. The molecule has 35 heavy (non-hydrogen) atoms. The molecule has 2 N–H and O–H groups in total. The second kappa shape index (κ2) is 9.71. The summed E-state index contributed by atoms with van der Waals surface area (Å²) in [6.45, 7) is 2.89. The maximum atomic E-state index is 13.1. The molecule has 2 amide bonds. The van der Waals surface area contributed by atoms with Crippen LogP contribution in [0.25, 0.3) is 10.9 Å². The number of carbonyl (C=O) groups is 3. The molecule has 2 aliphatic heterocycles. The van der Waals surface area contributed by atoms with Gasteiger partial charge in [0.15, 0.2) is 0 Å². The predicted octanol–water partition coefficient (Wildman–Crippen LogP) is 2.47. The second-order valence-electron chi connectivity index (χ2n) is 8.81. The van der Waals surface area contributed by atoms with Gasteiger partial charge < -0.3 is 24.8 Å². The van der Waals surface area contributed by atoms with Gasteiger partial charge in [-0.25, -0.2) is 4.79 Å². The topological polar surface area (TPSA) is 94.7 Å². The molecule has 0 saturated carbocycles. The van der Waals surface area contributed by atoms with Crippen LogP contribution in [-0.4, -0.2) is 77.8 Å². The first-order valence-corrected chi connectivity index (χ1v) is 12.2. The quantitative estimate of drug-likeness (QED) is 0.429. The highest BCUT2D eigenvalue weighted by molar-refractivity contribution is 6.27. The van der Waals surface area contributed by atoms with Crippen LogP contribution in [0.4, 0.5) is 0 Å². The van der Waals surface area contributed by atoms with Crippen molar-refractivity contribution in [2.45, 2.75) is 18.5 Å². The van der Waals surface area contributed by atoms with Gasteiger partial charge in [-0.3, -0.25) is 9.59 Å². The summed E-state index contributed by atoms with van der Waals surface area (Å²) >= 11 is 6.00. The summed E-state index contributed by atoms with van der Waals surface area (Å²) in [7, 11) is 1.32. The standard InChI is InChI=1S/C26H27ClN4O4/c1-35-26(34)21-14-19-18-4-2-3-5-20(18)29-23(19)24(31(21)22(32)15-27)16-6-8-17(9-7-16)25(33)30-12-10-28-11-13-30/h2-9,21,24,28-29H,10-15H2,1H3/t21-,24+/m1/s1. The number of piperazine rings is 1. The van der Waals surface area contributed by atoms with Crippen LogP contribution in [0.3, 0.4) is 0 Å². The van der Waals surface area contributed by atoms with Crippen molar-refractivity contribution in [3.63, 3.8) is 0 Å². The molecule has 3 aromatic rings. The summed E-state index contributed by atoms with van der Waals surface area (Å²) in [6.07, 6.45) is 0.324. The number of nitrogens with one attached hydrogen (secondary N) is 2. The Balaban J connectivity index is 1.59. The van der Waals surface area contributed by atoms with E-state index in [1.807, 2.05) is 41.3 Å². The molecule has 3 heterocycles. The number of carbonyl (C=O) groups excluding carboxylic acids is 3. The number of aromatic nitrogens is 1. The third-order valence-corrected chi connectivity index (χ3v) is 7.11. The van der Waals surface area contributed by atoms with Gasteiger partial charge in [-0.05, 0) is 29.3 Å². The van der Waals surface area contributed by atoms with Crippen LogP contribution in [-0.2, 0) is 20.7 Å². The van der Waals surface area contributed by atoms with E-state index < -0.39 is 18.1 Å². The van der Waals surface area contributed by atoms with Gasteiger partial charge in [0, 0.05) is 54.8 Å². The van der Waals surface area contributed by atoms with Crippen molar-refractivity contribution in [2.75, 3.05) is 39.2 Å². The molecule has 0 aliphatic carbocycles. The molecule has 1 aromatic heterocycles. The molecular weight excluding hydrogens is 468 g/mol. The molecule has 8 nitrogen and oxygen atoms in total. The number of halogens is 1. The van der Waals surface area contributed by atoms with Crippen LogP contribution in [0.5, 0.6) is 0 Å². The van der Waals surface area contributed by atoms with Crippen LogP contribution in [0.1, 0.15) is 33.2 Å². The van der Waals surface area contributed by atoms with Crippen molar-refractivity contribution in [3.05, 3.63) is 70.9 Å². The van der Waals surface area contributed by atoms with E-state index in [0.29, 0.717) is 25.1 Å². The van der Waals surface area contributed by atoms with Crippen LogP contribution in [0.15, 0.2) is 48.5 Å². The fourth-order valence-corrected chi connectivity index (χ4v) is 5.33. The largest absolute Gasteiger partial charge is 0.467 e. The van der Waals surface area contributed by atoms with E-state index in [1.54, 1.807) is 12.1 Å². The average molecular weight is 495 g/mol. The number of hydrogen-bond donors (Lipinski definition) is 2. The summed E-state index contributed by atoms with van der Waals surface area (Å²) in [4.78, 5) is 45.7. The van der Waals surface area contributed by atoms with Crippen LogP contribution in [0.2, 0.25) is 0 Å². The van der Waals surface area contributed by atoms with E-state index in [4.69, 9.17) is 16.3 Å². The lowest BCUT2D eigenvalue weighted by molar-refractivity contribution is -0.154. The molecule has 2 aliphatic rings. The fourth-order valence-electron chi connectivity index (χ4n) is 5.19. The zero-order valence-corrected chi connectivity index (χ0v) is 20.2. The number of fused-ring (bicyclic) bond motifs is 3. The van der Waals surface area contributed by atoms with Gasteiger partial charge in [-0.15, -0.1) is 11.6 Å². The summed E-state index contributed by atoms with van der Waals surface area (Å²) in [5.41, 5.74) is 4.10. The van der Waals surface area contributed by atoms with E-state index in [1.165, 1.54) is 12.0 Å². The number of benzene rings is 2. The maximum Gasteiger partial charge on any atom is 0.328 e. The van der Waals surface area contributed by atoms with E-state index in [-0.39, 0.29) is 17.7 Å². The van der Waals surface area contributed by atoms with Gasteiger partial charge >= 0.3 is 5.97 Å². The lowest BCUT2D eigenvalue weighted by Crippen LogP contribution is -2.52. The number of alkyl halides is 1. The van der Waals surface area contributed by atoms with E-state index in [0.717, 1.165) is 40.8 Å². The summed E-state index contributed by atoms with van der Waals surface area (Å²) in [5, 5.41) is 4.25. The molecule has 0 spiro atoms. The summed E-state index contributed by atoms with van der Waals surface area (Å²) in [6, 6.07) is 13.7. The van der Waals surface area contributed by atoms with Crippen molar-refractivity contribution < 1.29 is 19.1 Å². The summed E-state index contributed by atoms with van der Waals surface area (Å²) in [5.74, 6) is -1.14. The average Bonchev–Trinajstić information content (AvgIpc) is 3.29. The Kier molecular flexibility index (Phi) is 6.49. The Morgan fingerprint density at radius 2 is 1.77 bits per heavy atom. The van der Waals surface area contributed by atoms with Gasteiger partial charge in [0.1, 0.15) is 11.9 Å². The highest BCUT2D eigenvalue weighted by atomic mass is 35.5. The van der Waals surface area contributed by atoms with E-state index in [9.17, 15) is 14.4 Å². The molecule has 182 valence electrons. The van der Waals surface area contributed by atoms with Gasteiger partial charge in [0.2, 0.25) is 5.91 Å². The number of nitrogens with zero attached hydrogens (tertiary/aromatic N) is 2. The Bertz CT molecular complexity index is 1270. The molecule has 2 atom stereocenters. The first-order valence-electron chi connectivity index (χ1n) is 11.7. The molecular formula is C26H27ClN4O4. The normalized spacial score (nSPS) is 19.9. The number of H-pyrrole nitrogens is 1. The maximum absolute atomic E-state index is 13.1. The minimum Gasteiger partial charge on any atom is -0.467 e. The minimum atomic E-state index is -0.815. The number of ether oxygens (including phenoxy) is 1. The highest BCUT2D eigenvalue weighted by Crippen LogP contribution is 2.41. The number of hydrogen-bond acceptors (Lipinski definition) is 5. The molecule has 1 saturated heterocycles. The van der Waals surface area contributed by atoms with Crippen LogP contribution >= 0.6 is 11.6 Å². The predicted molar refractivity (Wildman–Crippen MR) is 132 cm³/mol. The molecule has 9 heteroatoms. The van der Waals surface area contributed by atoms with Gasteiger partial charge in [-0.2, -0.15) is 0 Å². The zero-order chi connectivity index (χ0) is 24.5. The third kappa shape index (κ3) is 4.17. The molecule has 0 radical (unpaired) electrons. The first kappa shape index (κ1) is 23.4. The molecule has 2 aromatic carbocycles. The fraction of sp³-hybridized carbons (Fsp3) is 0.346. The zero-order valence-electron chi connectivity index (χ0n) is 19.4. The number of para-hydroxylation sites is 1. The molecule has 1 fully saturated rings. The van der Waals surface area contributed by atoms with E-state index in [2.05, 4.69) is 10.3 Å². The lowest BCUT2D eigenvalue weighted by atomic mass is 9.87. The number of rotatable bonds is 4. The lowest BCUT2D eigenvalue weighted by Gasteiger charge is -2.40. The SMILES string of the molecule is COC(=O)[C@H]1Cc2c([nH]c3ccccc23)[C@H](c2ccc(C(=O)N3CCNCC3)cc2)N1C(=O)CCl. The highest BCUT2D eigenvalue weighted by Gasteiger charge is 2.43. The van der Waals surface area contributed by atoms with E-state index >= 15 is 0 Å². The molecule has 5 rings (SSSR count). The number of esters is 1. The van der Waals surface area contributed by atoms with Crippen LogP contribution in [0, 0.1) is 0 Å². The smallest absolute Gasteiger partial charge is 0.328 e. The Morgan fingerprint density at radius 3 is 2.46 bits per heavy atom. The Labute approximate surface area is 208 Å². The minimum absolute atomic E-state index is 0.0193. The molecule has 0 bridgehead atoms. The Morgan fingerprint density at radius 1 is 1.06 bits per heavy atom. The van der Waals surface area contributed by atoms with Crippen molar-refractivity contribution in [2.24, 2.45) is 0 Å². The van der Waals surface area contributed by atoms with Gasteiger partial charge in [-0.1, -0.05) is 30.3 Å². The number of aromatic amines is 1. The summed E-state index contributed by atoms with van der Waals surface area (Å²) < 4.78 is 5.08. The van der Waals surface area contributed by atoms with Crippen LogP contribution < -0.4 is 5.32 Å². The van der Waals surface area contributed by atoms with Crippen molar-refractivity contribution in [1.82, 2.24) is 20.1 Å². The van der Waals surface area contributed by atoms with Gasteiger partial charge in [0.05, 0.1) is 13.2 Å². The van der Waals surface area contributed by atoms with Gasteiger partial charge in [0.25, 0.3) is 5.91 Å². The number of methoxy groups -OCH3 is 1.